The molecule has 1 atom stereocenters. The Morgan fingerprint density at radius 1 is 1.23 bits per heavy atom. The van der Waals surface area contributed by atoms with Crippen molar-refractivity contribution in [2.24, 2.45) is 0 Å². The molecule has 1 aliphatic heterocycles. The van der Waals surface area contributed by atoms with Crippen LogP contribution in [-0.2, 0) is 19.6 Å². The van der Waals surface area contributed by atoms with Gasteiger partial charge in [0.25, 0.3) is 5.91 Å². The number of hydrogen-bond acceptors (Lipinski definition) is 6. The maximum atomic E-state index is 12.2. The Kier molecular flexibility index (Phi) is 7.18. The number of thioether (sulfide) groups is 1. The normalized spacial score (nSPS) is 17.8. The first-order valence-corrected chi connectivity index (χ1v) is 10.6. The van der Waals surface area contributed by atoms with Gasteiger partial charge in [-0.1, -0.05) is 30.0 Å². The van der Waals surface area contributed by atoms with Gasteiger partial charge in [0.2, 0.25) is 15.1 Å². The highest BCUT2D eigenvalue weighted by Gasteiger charge is 2.38. The number of rotatable bonds is 8. The van der Waals surface area contributed by atoms with Crippen LogP contribution >= 0.6 is 11.8 Å². The van der Waals surface area contributed by atoms with E-state index in [1.807, 2.05) is 0 Å². The van der Waals surface area contributed by atoms with Crippen molar-refractivity contribution in [2.45, 2.75) is 18.9 Å². The van der Waals surface area contributed by atoms with Crippen LogP contribution < -0.4 is 5.32 Å². The summed E-state index contributed by atoms with van der Waals surface area (Å²) in [6, 6.07) is 7.40. The van der Waals surface area contributed by atoms with E-state index in [0.717, 1.165) is 16.1 Å². The number of benzene rings is 1. The number of sulfonamides is 1. The monoisotopic (exact) mass is 400 g/mol. The highest BCUT2D eigenvalue weighted by Crippen LogP contribution is 2.22. The van der Waals surface area contributed by atoms with Crippen molar-refractivity contribution in [3.8, 4) is 0 Å². The summed E-state index contributed by atoms with van der Waals surface area (Å²) in [5.74, 6) is -1.85. The number of aliphatic carboxylic acids is 1. The number of carboxylic acid groups (broad SMARTS) is 1. The average Bonchev–Trinajstić information content (AvgIpc) is 3.11. The third-order valence-electron chi connectivity index (χ3n) is 3.88. The first kappa shape index (κ1) is 20.4. The molecule has 0 aromatic heterocycles. The molecule has 8 nitrogen and oxygen atoms in total. The van der Waals surface area contributed by atoms with Gasteiger partial charge in [-0.05, 0) is 25.0 Å². The Bertz CT molecular complexity index is 766. The number of carboxylic acids is 1. The zero-order valence-electron chi connectivity index (χ0n) is 14.0. The molecular weight excluding hydrogens is 380 g/mol. The second kappa shape index (κ2) is 9.15. The molecule has 142 valence electrons. The summed E-state index contributed by atoms with van der Waals surface area (Å²) in [4.78, 5) is 34.7. The first-order valence-electron chi connectivity index (χ1n) is 8.02. The second-order valence-corrected chi connectivity index (χ2v) is 8.89. The fraction of sp³-hybridized carbons (Fsp3) is 0.438. The molecule has 0 bridgehead atoms. The molecule has 1 aromatic rings. The van der Waals surface area contributed by atoms with Crippen LogP contribution in [0.25, 0.3) is 0 Å². The third-order valence-corrected chi connectivity index (χ3v) is 6.88. The molecule has 0 radical (unpaired) electrons. The van der Waals surface area contributed by atoms with Crippen molar-refractivity contribution < 1.29 is 27.9 Å². The molecule has 1 aliphatic rings. The van der Waals surface area contributed by atoms with Gasteiger partial charge in [-0.15, -0.1) is 0 Å². The van der Waals surface area contributed by atoms with Gasteiger partial charge in [-0.25, -0.2) is 8.42 Å². The molecular formula is C16H20N2O6S2. The molecule has 1 fully saturated rings. The average molecular weight is 400 g/mol. The Hall–Kier alpha value is -1.91. The first-order chi connectivity index (χ1) is 12.3. The summed E-state index contributed by atoms with van der Waals surface area (Å²) in [5.41, 5.74) is 0.432. The van der Waals surface area contributed by atoms with Crippen molar-refractivity contribution in [2.75, 3.05) is 24.6 Å². The van der Waals surface area contributed by atoms with E-state index in [9.17, 15) is 22.8 Å². The van der Waals surface area contributed by atoms with E-state index in [1.165, 1.54) is 0 Å². The van der Waals surface area contributed by atoms with Crippen molar-refractivity contribution in [1.29, 1.82) is 0 Å². The number of amides is 1. The summed E-state index contributed by atoms with van der Waals surface area (Å²) in [6.07, 6.45) is 0.805. The topological polar surface area (TPSA) is 121 Å². The Morgan fingerprint density at radius 3 is 2.58 bits per heavy atom. The summed E-state index contributed by atoms with van der Waals surface area (Å²) in [6.45, 7) is -0.0229. The van der Waals surface area contributed by atoms with Crippen LogP contribution in [-0.4, -0.2) is 65.5 Å². The van der Waals surface area contributed by atoms with Gasteiger partial charge in [-0.2, -0.15) is 4.31 Å². The van der Waals surface area contributed by atoms with Gasteiger partial charge < -0.3 is 10.4 Å². The van der Waals surface area contributed by atoms with E-state index in [-0.39, 0.29) is 35.6 Å². The molecule has 1 saturated heterocycles. The van der Waals surface area contributed by atoms with E-state index in [2.05, 4.69) is 5.32 Å². The van der Waals surface area contributed by atoms with E-state index >= 15 is 0 Å². The quantitative estimate of drug-likeness (QED) is 0.654. The summed E-state index contributed by atoms with van der Waals surface area (Å²) < 4.78 is 25.5. The Labute approximate surface area is 156 Å². The SMILES string of the molecule is O=C(CNC(=O)c1ccccc1)SCCS(=O)(=O)N1CCC[C@H]1C(=O)O. The van der Waals surface area contributed by atoms with E-state index in [1.54, 1.807) is 30.3 Å². The number of hydrogen-bond donors (Lipinski definition) is 2. The highest BCUT2D eigenvalue weighted by atomic mass is 32.2. The lowest BCUT2D eigenvalue weighted by molar-refractivity contribution is -0.140. The summed E-state index contributed by atoms with van der Waals surface area (Å²) >= 11 is 0.802. The van der Waals surface area contributed by atoms with Crippen LogP contribution in [0.15, 0.2) is 30.3 Å². The molecule has 1 aromatic carbocycles. The van der Waals surface area contributed by atoms with Gasteiger partial charge in [0.15, 0.2) is 0 Å². The fourth-order valence-electron chi connectivity index (χ4n) is 2.59. The zero-order chi connectivity index (χ0) is 19.2. The molecule has 1 heterocycles. The van der Waals surface area contributed by atoms with Crippen LogP contribution in [0.3, 0.4) is 0 Å². The maximum absolute atomic E-state index is 12.2. The van der Waals surface area contributed by atoms with Gasteiger partial charge in [-0.3, -0.25) is 14.4 Å². The molecule has 2 rings (SSSR count). The van der Waals surface area contributed by atoms with E-state index in [0.29, 0.717) is 18.4 Å². The zero-order valence-corrected chi connectivity index (χ0v) is 15.6. The smallest absolute Gasteiger partial charge is 0.322 e. The summed E-state index contributed by atoms with van der Waals surface area (Å²) in [5, 5.41) is 11.2. The largest absolute Gasteiger partial charge is 0.480 e. The Morgan fingerprint density at radius 2 is 1.92 bits per heavy atom. The molecule has 0 spiro atoms. The molecule has 26 heavy (non-hydrogen) atoms. The van der Waals surface area contributed by atoms with Gasteiger partial charge in [0.1, 0.15) is 6.04 Å². The molecule has 0 unspecified atom stereocenters. The van der Waals surface area contributed by atoms with E-state index < -0.39 is 22.0 Å². The van der Waals surface area contributed by atoms with Gasteiger partial charge in [0, 0.05) is 17.9 Å². The number of nitrogens with one attached hydrogen (secondary N) is 1. The maximum Gasteiger partial charge on any atom is 0.322 e. The second-order valence-electron chi connectivity index (χ2n) is 5.69. The lowest BCUT2D eigenvalue weighted by atomic mass is 10.2. The van der Waals surface area contributed by atoms with Crippen molar-refractivity contribution in [1.82, 2.24) is 9.62 Å². The number of carbonyl (C=O) groups excluding carboxylic acids is 2. The molecule has 0 aliphatic carbocycles. The van der Waals surface area contributed by atoms with Crippen molar-refractivity contribution in [3.63, 3.8) is 0 Å². The molecule has 0 saturated carbocycles. The lowest BCUT2D eigenvalue weighted by Crippen LogP contribution is -2.42. The van der Waals surface area contributed by atoms with Crippen LogP contribution in [0, 0.1) is 0 Å². The van der Waals surface area contributed by atoms with Crippen LogP contribution in [0.4, 0.5) is 0 Å². The predicted molar refractivity (Wildman–Crippen MR) is 97.4 cm³/mol. The highest BCUT2D eigenvalue weighted by molar-refractivity contribution is 8.14. The third kappa shape index (κ3) is 5.55. The van der Waals surface area contributed by atoms with Crippen molar-refractivity contribution in [3.05, 3.63) is 35.9 Å². The standard InChI is InChI=1S/C16H20N2O6S2/c19-14(11-17-15(20)12-5-2-1-3-6-12)25-9-10-26(23,24)18-8-4-7-13(18)16(21)22/h1-3,5-6,13H,4,7-11H2,(H,17,20)(H,21,22)/t13-/m0/s1. The summed E-state index contributed by atoms with van der Waals surface area (Å²) in [7, 11) is -3.73. The predicted octanol–water partition coefficient (Wildman–Crippen LogP) is 0.555. The molecule has 10 heteroatoms. The molecule has 1 amide bonds. The minimum absolute atomic E-state index is 0.00517. The fourth-order valence-corrected chi connectivity index (χ4v) is 5.40. The van der Waals surface area contributed by atoms with Crippen molar-refractivity contribution >= 4 is 38.8 Å². The minimum atomic E-state index is -3.73. The minimum Gasteiger partial charge on any atom is -0.480 e. The number of nitrogens with zero attached hydrogens (tertiary/aromatic N) is 1. The van der Waals surface area contributed by atoms with Gasteiger partial charge in [0.05, 0.1) is 12.3 Å². The van der Waals surface area contributed by atoms with Crippen LogP contribution in [0.2, 0.25) is 0 Å². The molecule has 2 N–H and O–H groups in total. The van der Waals surface area contributed by atoms with Gasteiger partial charge >= 0.3 is 5.97 Å². The van der Waals surface area contributed by atoms with E-state index in [4.69, 9.17) is 5.11 Å². The Balaban J connectivity index is 1.75. The lowest BCUT2D eigenvalue weighted by Gasteiger charge is -2.20. The number of carbonyl (C=O) groups is 3. The van der Waals surface area contributed by atoms with Crippen LogP contribution in [0.1, 0.15) is 23.2 Å². The van der Waals surface area contributed by atoms with Crippen LogP contribution in [0.5, 0.6) is 0 Å².